The molecule has 0 spiro atoms. The molecule has 0 aliphatic heterocycles. The van der Waals surface area contributed by atoms with Gasteiger partial charge in [0.25, 0.3) is 0 Å². The highest BCUT2D eigenvalue weighted by Gasteiger charge is 2.25. The average Bonchev–Trinajstić information content (AvgIpc) is 3.10. The number of carbonyl (C=O) groups excluding carboxylic acids is 1. The summed E-state index contributed by atoms with van der Waals surface area (Å²) in [5.74, 6) is 1.36. The molecule has 1 heterocycles. The van der Waals surface area contributed by atoms with Crippen molar-refractivity contribution in [2.45, 2.75) is 57.7 Å². The Morgan fingerprint density at radius 1 is 1.23 bits per heavy atom. The average molecular weight is 373 g/mol. The number of aryl methyl sites for hydroxylation is 2. The zero-order chi connectivity index (χ0) is 18.7. The smallest absolute Gasteiger partial charge is 0.233 e. The fourth-order valence-electron chi connectivity index (χ4n) is 3.44. The molecule has 0 N–H and O–H groups in total. The lowest BCUT2D eigenvalue weighted by Gasteiger charge is -2.33. The van der Waals surface area contributed by atoms with Crippen molar-refractivity contribution >= 4 is 17.7 Å². The summed E-state index contributed by atoms with van der Waals surface area (Å²) < 4.78 is 1.95. The number of hydrogen-bond acceptors (Lipinski definition) is 4. The molecule has 0 saturated heterocycles. The van der Waals surface area contributed by atoms with E-state index in [1.165, 1.54) is 35.7 Å². The van der Waals surface area contributed by atoms with E-state index in [0.29, 0.717) is 11.8 Å². The lowest BCUT2D eigenvalue weighted by atomic mass is 9.87. The van der Waals surface area contributed by atoms with Crippen LogP contribution in [-0.4, -0.2) is 44.4 Å². The van der Waals surface area contributed by atoms with Crippen LogP contribution in [0.5, 0.6) is 0 Å². The van der Waals surface area contributed by atoms with Gasteiger partial charge in [-0.1, -0.05) is 24.8 Å². The van der Waals surface area contributed by atoms with Crippen LogP contribution in [0.1, 0.15) is 43.7 Å². The summed E-state index contributed by atoms with van der Waals surface area (Å²) in [5, 5.41) is 9.00. The van der Waals surface area contributed by atoms with E-state index in [0.717, 1.165) is 29.6 Å². The second-order valence-corrected chi connectivity index (χ2v) is 8.40. The van der Waals surface area contributed by atoms with E-state index < -0.39 is 0 Å². The Kier molecular flexibility index (Phi) is 6.01. The van der Waals surface area contributed by atoms with Crippen molar-refractivity contribution in [1.82, 2.24) is 19.7 Å². The number of carbonyl (C=O) groups is 1. The minimum absolute atomic E-state index is 0.171. The van der Waals surface area contributed by atoms with Gasteiger partial charge >= 0.3 is 0 Å². The second kappa shape index (κ2) is 8.25. The molecule has 0 radical (unpaired) electrons. The molecule has 1 fully saturated rings. The molecule has 2 aromatic rings. The topological polar surface area (TPSA) is 51.0 Å². The van der Waals surface area contributed by atoms with E-state index in [1.807, 2.05) is 16.5 Å². The Bertz CT molecular complexity index is 765. The molecule has 1 saturated carbocycles. The van der Waals surface area contributed by atoms with Crippen molar-refractivity contribution in [3.05, 3.63) is 35.7 Å². The number of thioether (sulfide) groups is 1. The van der Waals surface area contributed by atoms with Crippen molar-refractivity contribution < 1.29 is 4.79 Å². The van der Waals surface area contributed by atoms with Gasteiger partial charge in [0.15, 0.2) is 5.16 Å². The third-order valence-electron chi connectivity index (χ3n) is 5.54. The molecular formula is C20H28N4OS. The number of benzene rings is 1. The number of hydrogen-bond donors (Lipinski definition) is 0. The molecule has 6 heteroatoms. The highest BCUT2D eigenvalue weighted by atomic mass is 32.2. The third-order valence-corrected chi connectivity index (χ3v) is 6.46. The Balaban J connectivity index is 1.62. The first-order valence-electron chi connectivity index (χ1n) is 9.32. The van der Waals surface area contributed by atoms with E-state index in [9.17, 15) is 4.79 Å². The zero-order valence-electron chi connectivity index (χ0n) is 16.1. The maximum Gasteiger partial charge on any atom is 0.233 e. The van der Waals surface area contributed by atoms with Gasteiger partial charge in [-0.15, -0.1) is 10.2 Å². The normalized spacial score (nSPS) is 20.2. The molecule has 3 rings (SSSR count). The van der Waals surface area contributed by atoms with Crippen LogP contribution in [0.25, 0.3) is 5.69 Å². The van der Waals surface area contributed by atoms with Crippen LogP contribution in [0.15, 0.2) is 29.7 Å². The number of rotatable bonds is 5. The van der Waals surface area contributed by atoms with Crippen LogP contribution >= 0.6 is 11.8 Å². The van der Waals surface area contributed by atoms with Crippen LogP contribution in [0.2, 0.25) is 0 Å². The van der Waals surface area contributed by atoms with E-state index >= 15 is 0 Å². The number of amides is 1. The van der Waals surface area contributed by atoms with Gasteiger partial charge < -0.3 is 4.90 Å². The quantitative estimate of drug-likeness (QED) is 0.744. The molecule has 1 aliphatic rings. The standard InChI is InChI=1S/C20H28N4OS/c1-14-5-8-17(9-6-14)23(4)19(25)12-26-20-22-21-13-24(20)18-10-7-15(2)16(3)11-18/h7,10-11,13-14,17H,5-6,8-9,12H2,1-4H3. The lowest BCUT2D eigenvalue weighted by Crippen LogP contribution is -2.40. The van der Waals surface area contributed by atoms with Gasteiger partial charge in [0, 0.05) is 18.8 Å². The monoisotopic (exact) mass is 372 g/mol. The van der Waals surface area contributed by atoms with Gasteiger partial charge in [-0.2, -0.15) is 0 Å². The Labute approximate surface area is 160 Å². The SMILES string of the molecule is Cc1ccc(-n2cnnc2SCC(=O)N(C)C2CCC(C)CC2)cc1C. The number of nitrogens with zero attached hydrogens (tertiary/aromatic N) is 4. The molecular weight excluding hydrogens is 344 g/mol. The van der Waals surface area contributed by atoms with Crippen molar-refractivity contribution in [3.63, 3.8) is 0 Å². The molecule has 1 aromatic heterocycles. The highest BCUT2D eigenvalue weighted by Crippen LogP contribution is 2.27. The molecule has 26 heavy (non-hydrogen) atoms. The summed E-state index contributed by atoms with van der Waals surface area (Å²) in [6.45, 7) is 6.49. The van der Waals surface area contributed by atoms with Gasteiger partial charge in [0.1, 0.15) is 6.33 Å². The van der Waals surface area contributed by atoms with E-state index in [-0.39, 0.29) is 5.91 Å². The summed E-state index contributed by atoms with van der Waals surface area (Å²) in [7, 11) is 1.94. The largest absolute Gasteiger partial charge is 0.342 e. The van der Waals surface area contributed by atoms with Gasteiger partial charge in [-0.05, 0) is 68.7 Å². The van der Waals surface area contributed by atoms with Crippen LogP contribution in [-0.2, 0) is 4.79 Å². The fraction of sp³-hybridized carbons (Fsp3) is 0.550. The summed E-state index contributed by atoms with van der Waals surface area (Å²) in [6.07, 6.45) is 6.38. The fourth-order valence-corrected chi connectivity index (χ4v) is 4.29. The van der Waals surface area contributed by atoms with E-state index in [2.05, 4.69) is 49.2 Å². The molecule has 0 unspecified atom stereocenters. The molecule has 1 aliphatic carbocycles. The maximum absolute atomic E-state index is 12.6. The van der Waals surface area contributed by atoms with Gasteiger partial charge in [0.2, 0.25) is 5.91 Å². The predicted octanol–water partition coefficient (Wildman–Crippen LogP) is 4.01. The van der Waals surface area contributed by atoms with Crippen LogP contribution in [0, 0.1) is 19.8 Å². The van der Waals surface area contributed by atoms with Gasteiger partial charge in [-0.25, -0.2) is 0 Å². The van der Waals surface area contributed by atoms with Crippen molar-refractivity contribution in [2.24, 2.45) is 5.92 Å². The van der Waals surface area contributed by atoms with Crippen molar-refractivity contribution in [2.75, 3.05) is 12.8 Å². The number of aromatic nitrogens is 3. The Morgan fingerprint density at radius 2 is 1.96 bits per heavy atom. The van der Waals surface area contributed by atoms with Crippen molar-refractivity contribution in [3.8, 4) is 5.69 Å². The maximum atomic E-state index is 12.6. The molecule has 0 bridgehead atoms. The molecule has 0 atom stereocenters. The molecule has 5 nitrogen and oxygen atoms in total. The Hall–Kier alpha value is -1.82. The summed E-state index contributed by atoms with van der Waals surface area (Å²) in [4.78, 5) is 14.6. The third kappa shape index (κ3) is 4.29. The van der Waals surface area contributed by atoms with Crippen molar-refractivity contribution in [1.29, 1.82) is 0 Å². The minimum atomic E-state index is 0.171. The molecule has 1 amide bonds. The van der Waals surface area contributed by atoms with E-state index in [4.69, 9.17) is 0 Å². The second-order valence-electron chi connectivity index (χ2n) is 7.46. The first kappa shape index (κ1) is 19.0. The van der Waals surface area contributed by atoms with Gasteiger partial charge in [-0.3, -0.25) is 9.36 Å². The van der Waals surface area contributed by atoms with Crippen LogP contribution in [0.3, 0.4) is 0 Å². The minimum Gasteiger partial charge on any atom is -0.342 e. The summed E-state index contributed by atoms with van der Waals surface area (Å²) in [6, 6.07) is 6.67. The first-order valence-corrected chi connectivity index (χ1v) is 10.3. The predicted molar refractivity (Wildman–Crippen MR) is 106 cm³/mol. The van der Waals surface area contributed by atoms with Crippen LogP contribution < -0.4 is 0 Å². The summed E-state index contributed by atoms with van der Waals surface area (Å²) in [5.41, 5.74) is 3.52. The van der Waals surface area contributed by atoms with E-state index in [1.54, 1.807) is 6.33 Å². The summed E-state index contributed by atoms with van der Waals surface area (Å²) >= 11 is 1.46. The molecule has 140 valence electrons. The Morgan fingerprint density at radius 3 is 2.65 bits per heavy atom. The van der Waals surface area contributed by atoms with Crippen LogP contribution in [0.4, 0.5) is 0 Å². The first-order chi connectivity index (χ1) is 12.5. The highest BCUT2D eigenvalue weighted by molar-refractivity contribution is 7.99. The zero-order valence-corrected chi connectivity index (χ0v) is 16.9. The molecule has 1 aromatic carbocycles. The van der Waals surface area contributed by atoms with Gasteiger partial charge in [0.05, 0.1) is 5.75 Å². The lowest BCUT2D eigenvalue weighted by molar-refractivity contribution is -0.129.